The number of primary amides is 1. The summed E-state index contributed by atoms with van der Waals surface area (Å²) in [5.41, 5.74) is 6.13. The summed E-state index contributed by atoms with van der Waals surface area (Å²) in [4.78, 5) is 25.7. The predicted octanol–water partition coefficient (Wildman–Crippen LogP) is 2.07. The highest BCUT2D eigenvalue weighted by molar-refractivity contribution is 5.95. The van der Waals surface area contributed by atoms with Crippen molar-refractivity contribution in [2.75, 3.05) is 0 Å². The van der Waals surface area contributed by atoms with Gasteiger partial charge in [-0.2, -0.15) is 0 Å². The number of carboxylic acids is 1. The van der Waals surface area contributed by atoms with Crippen LogP contribution < -0.4 is 10.5 Å². The first-order valence-corrected chi connectivity index (χ1v) is 6.00. The highest BCUT2D eigenvalue weighted by Gasteiger charge is 2.09. The summed E-state index contributed by atoms with van der Waals surface area (Å²) in [6.07, 6.45) is 3.89. The maximum atomic E-state index is 11.3. The lowest BCUT2D eigenvalue weighted by Gasteiger charge is -2.07. The number of carbonyl (C=O) groups excluding carboxylic acids is 1. The molecule has 0 unspecified atom stereocenters. The molecular weight excluding hydrogens is 272 g/mol. The molecule has 1 aromatic heterocycles. The number of hydrogen-bond acceptors (Lipinski definition) is 4. The SMILES string of the molecule is NC(=O)c1ccccc1Oc1ccc(/C=C/C(=O)O)cn1. The summed E-state index contributed by atoms with van der Waals surface area (Å²) >= 11 is 0. The Hall–Kier alpha value is -3.15. The summed E-state index contributed by atoms with van der Waals surface area (Å²) in [5.74, 6) is -1.04. The van der Waals surface area contributed by atoms with E-state index in [2.05, 4.69) is 4.98 Å². The van der Waals surface area contributed by atoms with Gasteiger partial charge in [0.1, 0.15) is 5.75 Å². The predicted molar refractivity (Wildman–Crippen MR) is 75.9 cm³/mol. The molecule has 106 valence electrons. The Balaban J connectivity index is 2.18. The second kappa shape index (κ2) is 6.33. The van der Waals surface area contributed by atoms with E-state index in [1.54, 1.807) is 36.4 Å². The van der Waals surface area contributed by atoms with Gasteiger partial charge in [-0.05, 0) is 29.8 Å². The smallest absolute Gasteiger partial charge is 0.328 e. The minimum absolute atomic E-state index is 0.258. The lowest BCUT2D eigenvalue weighted by atomic mass is 10.2. The number of aromatic nitrogens is 1. The number of nitrogens with zero attached hydrogens (tertiary/aromatic N) is 1. The molecule has 1 amide bonds. The number of benzene rings is 1. The zero-order valence-electron chi connectivity index (χ0n) is 10.9. The van der Waals surface area contributed by atoms with E-state index in [0.29, 0.717) is 11.3 Å². The van der Waals surface area contributed by atoms with Crippen molar-refractivity contribution in [2.45, 2.75) is 0 Å². The van der Waals surface area contributed by atoms with E-state index in [-0.39, 0.29) is 11.4 Å². The third-order valence-electron chi connectivity index (χ3n) is 2.54. The van der Waals surface area contributed by atoms with Gasteiger partial charge in [0, 0.05) is 18.3 Å². The fourth-order valence-corrected chi connectivity index (χ4v) is 1.59. The number of para-hydroxylation sites is 1. The second-order valence-electron chi connectivity index (χ2n) is 4.06. The highest BCUT2D eigenvalue weighted by atomic mass is 16.5. The monoisotopic (exact) mass is 284 g/mol. The molecule has 0 aliphatic heterocycles. The third-order valence-corrected chi connectivity index (χ3v) is 2.54. The van der Waals surface area contributed by atoms with E-state index >= 15 is 0 Å². The number of pyridine rings is 1. The lowest BCUT2D eigenvalue weighted by Crippen LogP contribution is -2.12. The summed E-state index contributed by atoms with van der Waals surface area (Å²) < 4.78 is 5.50. The van der Waals surface area contributed by atoms with Crippen molar-refractivity contribution in [3.8, 4) is 11.6 Å². The Labute approximate surface area is 120 Å². The van der Waals surface area contributed by atoms with E-state index in [1.165, 1.54) is 12.3 Å². The zero-order valence-corrected chi connectivity index (χ0v) is 10.9. The van der Waals surface area contributed by atoms with Crippen LogP contribution in [0.2, 0.25) is 0 Å². The van der Waals surface area contributed by atoms with Gasteiger partial charge in [0.15, 0.2) is 0 Å². The molecule has 0 saturated heterocycles. The first-order chi connectivity index (χ1) is 10.1. The maximum Gasteiger partial charge on any atom is 0.328 e. The van der Waals surface area contributed by atoms with Gasteiger partial charge in [-0.3, -0.25) is 4.79 Å². The van der Waals surface area contributed by atoms with Gasteiger partial charge in [-0.25, -0.2) is 9.78 Å². The van der Waals surface area contributed by atoms with Crippen LogP contribution in [0.25, 0.3) is 6.08 Å². The lowest BCUT2D eigenvalue weighted by molar-refractivity contribution is -0.131. The molecule has 3 N–H and O–H groups in total. The number of nitrogens with two attached hydrogens (primary N) is 1. The first-order valence-electron chi connectivity index (χ1n) is 6.00. The Morgan fingerprint density at radius 1 is 1.19 bits per heavy atom. The molecule has 0 fully saturated rings. The average Bonchev–Trinajstić information content (AvgIpc) is 2.47. The Morgan fingerprint density at radius 3 is 2.57 bits per heavy atom. The number of carboxylic acid groups (broad SMARTS) is 1. The first kappa shape index (κ1) is 14.3. The average molecular weight is 284 g/mol. The second-order valence-corrected chi connectivity index (χ2v) is 4.06. The molecule has 6 nitrogen and oxygen atoms in total. The van der Waals surface area contributed by atoms with Crippen molar-refractivity contribution >= 4 is 18.0 Å². The molecule has 6 heteroatoms. The molecule has 0 atom stereocenters. The molecule has 0 saturated carbocycles. The van der Waals surface area contributed by atoms with Crippen molar-refractivity contribution in [3.63, 3.8) is 0 Å². The molecule has 0 spiro atoms. The van der Waals surface area contributed by atoms with Crippen LogP contribution in [0.5, 0.6) is 11.6 Å². The summed E-state index contributed by atoms with van der Waals surface area (Å²) in [5, 5.41) is 8.53. The van der Waals surface area contributed by atoms with Crippen LogP contribution >= 0.6 is 0 Å². The van der Waals surface area contributed by atoms with Crippen molar-refractivity contribution < 1.29 is 19.4 Å². The Bertz CT molecular complexity index is 693. The van der Waals surface area contributed by atoms with Crippen LogP contribution in [-0.4, -0.2) is 22.0 Å². The maximum absolute atomic E-state index is 11.3. The molecular formula is C15H12N2O4. The molecule has 2 aromatic rings. The number of carbonyl (C=O) groups is 2. The van der Waals surface area contributed by atoms with Crippen LogP contribution in [0, 0.1) is 0 Å². The Morgan fingerprint density at radius 2 is 1.95 bits per heavy atom. The molecule has 2 rings (SSSR count). The normalized spacial score (nSPS) is 10.5. The zero-order chi connectivity index (χ0) is 15.2. The summed E-state index contributed by atoms with van der Waals surface area (Å²) in [6, 6.07) is 9.78. The quantitative estimate of drug-likeness (QED) is 0.818. The van der Waals surface area contributed by atoms with Crippen LogP contribution in [0.4, 0.5) is 0 Å². The van der Waals surface area contributed by atoms with Gasteiger partial charge in [-0.1, -0.05) is 12.1 Å². The molecule has 0 aliphatic rings. The minimum atomic E-state index is -1.04. The number of rotatable bonds is 5. The van der Waals surface area contributed by atoms with Gasteiger partial charge >= 0.3 is 5.97 Å². The van der Waals surface area contributed by atoms with Crippen molar-refractivity contribution in [1.29, 1.82) is 0 Å². The summed E-state index contributed by atoms with van der Waals surface area (Å²) in [7, 11) is 0. The van der Waals surface area contributed by atoms with E-state index in [4.69, 9.17) is 15.6 Å². The highest BCUT2D eigenvalue weighted by Crippen LogP contribution is 2.23. The van der Waals surface area contributed by atoms with E-state index in [9.17, 15) is 9.59 Å². The number of ether oxygens (including phenoxy) is 1. The van der Waals surface area contributed by atoms with Crippen LogP contribution in [0.15, 0.2) is 48.7 Å². The summed E-state index contributed by atoms with van der Waals surface area (Å²) in [6.45, 7) is 0. The fourth-order valence-electron chi connectivity index (χ4n) is 1.59. The van der Waals surface area contributed by atoms with Crippen LogP contribution in [0.1, 0.15) is 15.9 Å². The van der Waals surface area contributed by atoms with E-state index in [1.807, 2.05) is 0 Å². The van der Waals surface area contributed by atoms with Crippen LogP contribution in [0.3, 0.4) is 0 Å². The number of amides is 1. The topological polar surface area (TPSA) is 103 Å². The Kier molecular flexibility index (Phi) is 4.30. The molecule has 0 radical (unpaired) electrons. The van der Waals surface area contributed by atoms with Gasteiger partial charge in [0.2, 0.25) is 5.88 Å². The van der Waals surface area contributed by atoms with Crippen LogP contribution in [-0.2, 0) is 4.79 Å². The number of hydrogen-bond donors (Lipinski definition) is 2. The standard InChI is InChI=1S/C15H12N2O4/c16-15(20)11-3-1-2-4-12(11)21-13-7-5-10(9-17-13)6-8-14(18)19/h1-9H,(H2,16,20)(H,18,19)/b8-6+. The number of aliphatic carboxylic acids is 1. The van der Waals surface area contributed by atoms with Crippen molar-refractivity contribution in [1.82, 2.24) is 4.98 Å². The van der Waals surface area contributed by atoms with Crippen molar-refractivity contribution in [3.05, 3.63) is 59.8 Å². The molecule has 1 heterocycles. The largest absolute Gasteiger partial charge is 0.478 e. The minimum Gasteiger partial charge on any atom is -0.478 e. The molecule has 0 aliphatic carbocycles. The molecule has 21 heavy (non-hydrogen) atoms. The van der Waals surface area contributed by atoms with Gasteiger partial charge in [0.05, 0.1) is 5.56 Å². The van der Waals surface area contributed by atoms with Crippen molar-refractivity contribution in [2.24, 2.45) is 5.73 Å². The van der Waals surface area contributed by atoms with Gasteiger partial charge in [0.25, 0.3) is 5.91 Å². The third kappa shape index (κ3) is 3.90. The van der Waals surface area contributed by atoms with Gasteiger partial charge < -0.3 is 15.6 Å². The van der Waals surface area contributed by atoms with E-state index in [0.717, 1.165) is 6.08 Å². The van der Waals surface area contributed by atoms with E-state index < -0.39 is 11.9 Å². The molecule has 0 bridgehead atoms. The van der Waals surface area contributed by atoms with Gasteiger partial charge in [-0.15, -0.1) is 0 Å². The molecule has 1 aromatic carbocycles. The fraction of sp³-hybridized carbons (Fsp3) is 0.